The molecule has 1 heterocycles. The number of ether oxygens (including phenoxy) is 1. The first-order valence-electron chi connectivity index (χ1n) is 5.40. The van der Waals surface area contributed by atoms with E-state index in [1.165, 1.54) is 6.42 Å². The van der Waals surface area contributed by atoms with Crippen molar-refractivity contribution in [2.75, 3.05) is 13.1 Å². The summed E-state index contributed by atoms with van der Waals surface area (Å²) in [5.41, 5.74) is 0. The molecule has 3 nitrogen and oxygen atoms in total. The molecule has 0 amide bonds. The summed E-state index contributed by atoms with van der Waals surface area (Å²) in [4.78, 5) is 0. The molecule has 0 aromatic carbocycles. The van der Waals surface area contributed by atoms with Crippen LogP contribution in [-0.4, -0.2) is 36.5 Å². The normalized spacial score (nSPS) is 40.8. The molecule has 3 heteroatoms. The van der Waals surface area contributed by atoms with Gasteiger partial charge >= 0.3 is 0 Å². The fourth-order valence-electron chi connectivity index (χ4n) is 2.25. The second kappa shape index (κ2) is 4.40. The molecule has 3 unspecified atom stereocenters. The highest BCUT2D eigenvalue weighted by molar-refractivity contribution is 4.80. The van der Waals surface area contributed by atoms with E-state index < -0.39 is 0 Å². The summed E-state index contributed by atoms with van der Waals surface area (Å²) in [5.74, 6) is 0. The summed E-state index contributed by atoms with van der Waals surface area (Å²) < 4.78 is 5.85. The molecular formula is C10H19NO2. The summed E-state index contributed by atoms with van der Waals surface area (Å²) >= 11 is 0. The number of piperidine rings is 1. The number of hydrogen-bond donors (Lipinski definition) is 2. The Bertz CT molecular complexity index is 157. The van der Waals surface area contributed by atoms with Crippen LogP contribution in [0.5, 0.6) is 0 Å². The first-order chi connectivity index (χ1) is 6.36. The molecule has 3 atom stereocenters. The Labute approximate surface area is 79.5 Å². The minimum Gasteiger partial charge on any atom is -0.390 e. The smallest absolute Gasteiger partial charge is 0.0838 e. The van der Waals surface area contributed by atoms with Crippen LogP contribution in [0.4, 0.5) is 0 Å². The quantitative estimate of drug-likeness (QED) is 0.664. The van der Waals surface area contributed by atoms with Gasteiger partial charge < -0.3 is 15.2 Å². The number of nitrogens with one attached hydrogen (secondary N) is 1. The Morgan fingerprint density at radius 2 is 2.08 bits per heavy atom. The predicted molar refractivity (Wildman–Crippen MR) is 50.6 cm³/mol. The van der Waals surface area contributed by atoms with Crippen molar-refractivity contribution in [3.63, 3.8) is 0 Å². The Kier molecular flexibility index (Phi) is 3.19. The lowest BCUT2D eigenvalue weighted by Crippen LogP contribution is -2.39. The Morgan fingerprint density at radius 1 is 1.15 bits per heavy atom. The molecule has 1 saturated carbocycles. The van der Waals surface area contributed by atoms with Gasteiger partial charge in [-0.2, -0.15) is 0 Å². The standard InChI is InChI=1S/C10H19NO2/c12-9-4-1-5-10(9)13-8-3-2-6-11-7-8/h8-12H,1-7H2. The van der Waals surface area contributed by atoms with Crippen molar-refractivity contribution in [3.05, 3.63) is 0 Å². The third kappa shape index (κ3) is 2.42. The molecule has 2 fully saturated rings. The van der Waals surface area contributed by atoms with E-state index in [9.17, 15) is 5.11 Å². The van der Waals surface area contributed by atoms with Gasteiger partial charge in [0.1, 0.15) is 0 Å². The van der Waals surface area contributed by atoms with E-state index in [-0.39, 0.29) is 12.2 Å². The Balaban J connectivity index is 1.75. The van der Waals surface area contributed by atoms with Crippen LogP contribution >= 0.6 is 0 Å². The van der Waals surface area contributed by atoms with Gasteiger partial charge in [0.15, 0.2) is 0 Å². The molecule has 76 valence electrons. The monoisotopic (exact) mass is 185 g/mol. The summed E-state index contributed by atoms with van der Waals surface area (Å²) in [6.07, 6.45) is 5.68. The van der Waals surface area contributed by atoms with Crippen molar-refractivity contribution in [3.8, 4) is 0 Å². The third-order valence-electron chi connectivity index (χ3n) is 3.04. The van der Waals surface area contributed by atoms with E-state index in [0.29, 0.717) is 6.10 Å². The highest BCUT2D eigenvalue weighted by atomic mass is 16.5. The van der Waals surface area contributed by atoms with Crippen LogP contribution in [0.25, 0.3) is 0 Å². The first-order valence-corrected chi connectivity index (χ1v) is 5.40. The predicted octanol–water partition coefficient (Wildman–Crippen LogP) is 0.668. The summed E-state index contributed by atoms with van der Waals surface area (Å²) in [7, 11) is 0. The molecule has 13 heavy (non-hydrogen) atoms. The first kappa shape index (κ1) is 9.44. The lowest BCUT2D eigenvalue weighted by atomic mass is 10.1. The van der Waals surface area contributed by atoms with Crippen LogP contribution in [0.1, 0.15) is 32.1 Å². The van der Waals surface area contributed by atoms with Gasteiger partial charge in [-0.25, -0.2) is 0 Å². The third-order valence-corrected chi connectivity index (χ3v) is 3.04. The lowest BCUT2D eigenvalue weighted by molar-refractivity contribution is -0.0680. The summed E-state index contributed by atoms with van der Waals surface area (Å²) in [5, 5.41) is 12.9. The number of hydrogen-bond acceptors (Lipinski definition) is 3. The van der Waals surface area contributed by atoms with Crippen LogP contribution in [0.15, 0.2) is 0 Å². The fourth-order valence-corrected chi connectivity index (χ4v) is 2.25. The molecule has 0 aromatic heterocycles. The maximum Gasteiger partial charge on any atom is 0.0838 e. The van der Waals surface area contributed by atoms with Gasteiger partial charge in [0, 0.05) is 6.54 Å². The number of rotatable bonds is 2. The second-order valence-electron chi connectivity index (χ2n) is 4.14. The van der Waals surface area contributed by atoms with Crippen LogP contribution in [0.2, 0.25) is 0 Å². The zero-order valence-electron chi connectivity index (χ0n) is 8.04. The van der Waals surface area contributed by atoms with E-state index >= 15 is 0 Å². The van der Waals surface area contributed by atoms with Gasteiger partial charge in [-0.15, -0.1) is 0 Å². The minimum absolute atomic E-state index is 0.116. The average Bonchev–Trinajstić information content (AvgIpc) is 2.54. The summed E-state index contributed by atoms with van der Waals surface area (Å²) in [6.45, 7) is 2.08. The molecule has 2 aliphatic rings. The van der Waals surface area contributed by atoms with Crippen molar-refractivity contribution < 1.29 is 9.84 Å². The lowest BCUT2D eigenvalue weighted by Gasteiger charge is -2.27. The number of aliphatic hydroxyl groups excluding tert-OH is 1. The van der Waals surface area contributed by atoms with Gasteiger partial charge in [0.25, 0.3) is 0 Å². The second-order valence-corrected chi connectivity index (χ2v) is 4.14. The topological polar surface area (TPSA) is 41.5 Å². The number of aliphatic hydroxyl groups is 1. The van der Waals surface area contributed by atoms with Crippen molar-refractivity contribution in [1.82, 2.24) is 5.32 Å². The van der Waals surface area contributed by atoms with E-state index in [1.54, 1.807) is 0 Å². The van der Waals surface area contributed by atoms with Crippen LogP contribution in [-0.2, 0) is 4.74 Å². The fraction of sp³-hybridized carbons (Fsp3) is 1.00. The van der Waals surface area contributed by atoms with Crippen molar-refractivity contribution >= 4 is 0 Å². The van der Waals surface area contributed by atoms with Crippen molar-refractivity contribution in [2.24, 2.45) is 0 Å². The van der Waals surface area contributed by atoms with E-state index in [1.807, 2.05) is 0 Å². The molecule has 0 bridgehead atoms. The van der Waals surface area contributed by atoms with Crippen molar-refractivity contribution in [1.29, 1.82) is 0 Å². The van der Waals surface area contributed by atoms with E-state index in [0.717, 1.165) is 38.8 Å². The Hall–Kier alpha value is -0.120. The molecule has 1 aliphatic carbocycles. The molecule has 1 saturated heterocycles. The van der Waals surface area contributed by atoms with Crippen LogP contribution in [0.3, 0.4) is 0 Å². The maximum absolute atomic E-state index is 9.57. The highest BCUT2D eigenvalue weighted by Gasteiger charge is 2.28. The van der Waals surface area contributed by atoms with E-state index in [4.69, 9.17) is 4.74 Å². The van der Waals surface area contributed by atoms with Crippen LogP contribution < -0.4 is 5.32 Å². The SMILES string of the molecule is OC1CCCC1OC1CCCNC1. The van der Waals surface area contributed by atoms with Gasteiger partial charge in [0.2, 0.25) is 0 Å². The molecule has 2 rings (SSSR count). The van der Waals surface area contributed by atoms with Gasteiger partial charge in [-0.05, 0) is 38.6 Å². The molecule has 1 aliphatic heterocycles. The molecular weight excluding hydrogens is 166 g/mol. The van der Waals surface area contributed by atoms with E-state index in [2.05, 4.69) is 5.32 Å². The molecule has 0 aromatic rings. The molecule has 0 spiro atoms. The van der Waals surface area contributed by atoms with Gasteiger partial charge in [-0.3, -0.25) is 0 Å². The maximum atomic E-state index is 9.57. The molecule has 2 N–H and O–H groups in total. The minimum atomic E-state index is -0.207. The average molecular weight is 185 g/mol. The zero-order valence-corrected chi connectivity index (χ0v) is 8.04. The Morgan fingerprint density at radius 3 is 2.69 bits per heavy atom. The van der Waals surface area contributed by atoms with Crippen LogP contribution in [0, 0.1) is 0 Å². The largest absolute Gasteiger partial charge is 0.390 e. The van der Waals surface area contributed by atoms with Crippen molar-refractivity contribution in [2.45, 2.75) is 50.4 Å². The molecule has 0 radical (unpaired) electrons. The summed E-state index contributed by atoms with van der Waals surface area (Å²) in [6, 6.07) is 0. The van der Waals surface area contributed by atoms with Gasteiger partial charge in [-0.1, -0.05) is 0 Å². The zero-order chi connectivity index (χ0) is 9.10. The highest BCUT2D eigenvalue weighted by Crippen LogP contribution is 2.24. The van der Waals surface area contributed by atoms with Gasteiger partial charge in [0.05, 0.1) is 18.3 Å².